The minimum absolute atomic E-state index is 0.00277. The summed E-state index contributed by atoms with van der Waals surface area (Å²) in [5, 5.41) is 2.69. The van der Waals surface area contributed by atoms with E-state index >= 15 is 0 Å². The number of carbonyl (C=O) groups is 2. The Morgan fingerprint density at radius 3 is 2.38 bits per heavy atom. The van der Waals surface area contributed by atoms with Crippen molar-refractivity contribution < 1.29 is 22.4 Å². The maximum Gasteiger partial charge on any atom is 0.264 e. The molecule has 0 atom stereocenters. The summed E-state index contributed by atoms with van der Waals surface area (Å²) in [6, 6.07) is 17.8. The molecule has 2 amide bonds. The van der Waals surface area contributed by atoms with E-state index in [1.807, 2.05) is 6.92 Å². The van der Waals surface area contributed by atoms with Crippen LogP contribution in [-0.2, 0) is 19.6 Å². The molecule has 3 aromatic rings. The summed E-state index contributed by atoms with van der Waals surface area (Å²) < 4.78 is 41.3. The number of fused-ring (bicyclic) bond motifs is 1. The number of carbonyl (C=O) groups excluding carboxylic acids is 2. The molecule has 0 fully saturated rings. The van der Waals surface area contributed by atoms with Gasteiger partial charge in [0.25, 0.3) is 10.0 Å². The number of hydrogen-bond donors (Lipinski definition) is 1. The SMILES string of the molecule is Cc1ccc(S(=O)(=O)N(CC(=O)N2CC(=O)Nc3ccccc32)c2ccc(F)cc2)cc1. The number of nitrogens with zero attached hydrogens (tertiary/aromatic N) is 2. The molecule has 4 rings (SSSR count). The lowest BCUT2D eigenvalue weighted by atomic mass is 10.2. The van der Waals surface area contributed by atoms with Gasteiger partial charge in [-0.25, -0.2) is 12.8 Å². The fourth-order valence-electron chi connectivity index (χ4n) is 3.42. The standard InChI is InChI=1S/C23H20FN3O4S/c1-16-6-12-19(13-7-16)32(30,31)27(18-10-8-17(24)9-11-18)15-23(29)26-14-22(28)25-20-4-2-3-5-21(20)26/h2-13H,14-15H2,1H3,(H,25,28). The van der Waals surface area contributed by atoms with Crippen molar-refractivity contribution in [1.29, 1.82) is 0 Å². The van der Waals surface area contributed by atoms with Crippen LogP contribution in [0, 0.1) is 12.7 Å². The number of benzene rings is 3. The number of halogens is 1. The van der Waals surface area contributed by atoms with Gasteiger partial charge in [-0.05, 0) is 55.5 Å². The molecule has 32 heavy (non-hydrogen) atoms. The van der Waals surface area contributed by atoms with Gasteiger partial charge in [0.05, 0.1) is 22.0 Å². The van der Waals surface area contributed by atoms with Crippen LogP contribution in [0.25, 0.3) is 0 Å². The molecule has 0 aromatic heterocycles. The van der Waals surface area contributed by atoms with E-state index in [0.29, 0.717) is 11.4 Å². The summed E-state index contributed by atoms with van der Waals surface area (Å²) in [4.78, 5) is 26.6. The van der Waals surface area contributed by atoms with Crippen molar-refractivity contribution in [3.8, 4) is 0 Å². The zero-order chi connectivity index (χ0) is 22.9. The summed E-state index contributed by atoms with van der Waals surface area (Å²) in [5.74, 6) is -1.51. The van der Waals surface area contributed by atoms with Crippen molar-refractivity contribution in [3.63, 3.8) is 0 Å². The molecule has 1 aliphatic rings. The van der Waals surface area contributed by atoms with Crippen molar-refractivity contribution in [2.75, 3.05) is 27.6 Å². The number of hydrogen-bond acceptors (Lipinski definition) is 4. The van der Waals surface area contributed by atoms with E-state index in [9.17, 15) is 22.4 Å². The number of para-hydroxylation sites is 2. The van der Waals surface area contributed by atoms with Gasteiger partial charge in [-0.2, -0.15) is 0 Å². The molecule has 0 bridgehead atoms. The largest absolute Gasteiger partial charge is 0.323 e. The molecule has 1 heterocycles. The lowest BCUT2D eigenvalue weighted by molar-refractivity contribution is -0.121. The van der Waals surface area contributed by atoms with Crippen LogP contribution in [0.15, 0.2) is 77.7 Å². The first kappa shape index (κ1) is 21.5. The molecular weight excluding hydrogens is 433 g/mol. The Morgan fingerprint density at radius 2 is 1.69 bits per heavy atom. The van der Waals surface area contributed by atoms with Gasteiger partial charge in [0.2, 0.25) is 11.8 Å². The lowest BCUT2D eigenvalue weighted by Crippen LogP contribution is -2.48. The second-order valence-electron chi connectivity index (χ2n) is 7.35. The highest BCUT2D eigenvalue weighted by atomic mass is 32.2. The van der Waals surface area contributed by atoms with Crippen LogP contribution in [0.3, 0.4) is 0 Å². The monoisotopic (exact) mass is 453 g/mol. The zero-order valence-corrected chi connectivity index (χ0v) is 18.0. The van der Waals surface area contributed by atoms with Crippen molar-refractivity contribution in [2.24, 2.45) is 0 Å². The molecule has 1 aliphatic heterocycles. The van der Waals surface area contributed by atoms with E-state index in [1.165, 1.54) is 29.2 Å². The molecule has 0 unspecified atom stereocenters. The van der Waals surface area contributed by atoms with Gasteiger partial charge in [-0.15, -0.1) is 0 Å². The average molecular weight is 453 g/mol. The summed E-state index contributed by atoms with van der Waals surface area (Å²) in [7, 11) is -4.15. The maximum absolute atomic E-state index is 13.5. The van der Waals surface area contributed by atoms with Crippen molar-refractivity contribution in [1.82, 2.24) is 0 Å². The predicted octanol–water partition coefficient (Wildman–Crippen LogP) is 3.31. The van der Waals surface area contributed by atoms with Gasteiger partial charge in [0.15, 0.2) is 0 Å². The van der Waals surface area contributed by atoms with Crippen molar-refractivity contribution in [2.45, 2.75) is 11.8 Å². The number of sulfonamides is 1. The average Bonchev–Trinajstić information content (AvgIpc) is 2.77. The molecule has 0 saturated carbocycles. The van der Waals surface area contributed by atoms with Crippen LogP contribution in [0.5, 0.6) is 0 Å². The number of anilines is 3. The van der Waals surface area contributed by atoms with Crippen LogP contribution in [-0.4, -0.2) is 33.3 Å². The van der Waals surface area contributed by atoms with Gasteiger partial charge < -0.3 is 5.32 Å². The highest BCUT2D eigenvalue weighted by Gasteiger charge is 2.32. The summed E-state index contributed by atoms with van der Waals surface area (Å²) in [6.45, 7) is 1.03. The minimum atomic E-state index is -4.15. The molecule has 1 N–H and O–H groups in total. The minimum Gasteiger partial charge on any atom is -0.323 e. The molecule has 7 nitrogen and oxygen atoms in total. The van der Waals surface area contributed by atoms with E-state index in [-0.39, 0.29) is 23.0 Å². The number of amides is 2. The fourth-order valence-corrected chi connectivity index (χ4v) is 4.84. The van der Waals surface area contributed by atoms with Crippen molar-refractivity contribution in [3.05, 3.63) is 84.2 Å². The first-order valence-corrected chi connectivity index (χ1v) is 11.2. The molecule has 0 spiro atoms. The van der Waals surface area contributed by atoms with E-state index in [0.717, 1.165) is 22.0 Å². The Labute approximate surface area is 185 Å². The van der Waals surface area contributed by atoms with Crippen LogP contribution in [0.1, 0.15) is 5.56 Å². The molecule has 0 saturated heterocycles. The van der Waals surface area contributed by atoms with Crippen LogP contribution in [0.4, 0.5) is 21.5 Å². The molecule has 0 aliphatic carbocycles. The highest BCUT2D eigenvalue weighted by Crippen LogP contribution is 2.30. The molecule has 3 aromatic carbocycles. The predicted molar refractivity (Wildman–Crippen MR) is 120 cm³/mol. The number of rotatable bonds is 5. The van der Waals surface area contributed by atoms with Gasteiger partial charge in [0, 0.05) is 0 Å². The number of nitrogens with one attached hydrogen (secondary N) is 1. The normalized spacial score (nSPS) is 13.3. The molecule has 9 heteroatoms. The third-order valence-electron chi connectivity index (χ3n) is 5.07. The molecular formula is C23H20FN3O4S. The van der Waals surface area contributed by atoms with Gasteiger partial charge in [-0.3, -0.25) is 18.8 Å². The van der Waals surface area contributed by atoms with Gasteiger partial charge >= 0.3 is 0 Å². The first-order chi connectivity index (χ1) is 15.3. The van der Waals surface area contributed by atoms with Crippen LogP contribution >= 0.6 is 0 Å². The first-order valence-electron chi connectivity index (χ1n) is 9.80. The quantitative estimate of drug-likeness (QED) is 0.642. The topological polar surface area (TPSA) is 86.8 Å². The second-order valence-corrected chi connectivity index (χ2v) is 9.21. The summed E-state index contributed by atoms with van der Waals surface area (Å²) in [5.41, 5.74) is 1.95. The Bertz CT molecular complexity index is 1280. The van der Waals surface area contributed by atoms with E-state index < -0.39 is 28.3 Å². The summed E-state index contributed by atoms with van der Waals surface area (Å²) >= 11 is 0. The van der Waals surface area contributed by atoms with Crippen LogP contribution in [0.2, 0.25) is 0 Å². The number of aryl methyl sites for hydroxylation is 1. The lowest BCUT2D eigenvalue weighted by Gasteiger charge is -2.31. The molecule has 0 radical (unpaired) electrons. The van der Waals surface area contributed by atoms with Gasteiger partial charge in [0.1, 0.15) is 18.9 Å². The highest BCUT2D eigenvalue weighted by molar-refractivity contribution is 7.92. The third-order valence-corrected chi connectivity index (χ3v) is 6.86. The third kappa shape index (κ3) is 4.19. The van der Waals surface area contributed by atoms with Crippen molar-refractivity contribution >= 4 is 38.9 Å². The fraction of sp³-hybridized carbons (Fsp3) is 0.130. The smallest absolute Gasteiger partial charge is 0.264 e. The maximum atomic E-state index is 13.5. The zero-order valence-electron chi connectivity index (χ0n) is 17.2. The Balaban J connectivity index is 1.73. The summed E-state index contributed by atoms with van der Waals surface area (Å²) in [6.07, 6.45) is 0. The second kappa shape index (κ2) is 8.43. The van der Waals surface area contributed by atoms with Crippen LogP contribution < -0.4 is 14.5 Å². The van der Waals surface area contributed by atoms with E-state index in [1.54, 1.807) is 36.4 Å². The Morgan fingerprint density at radius 1 is 1.03 bits per heavy atom. The van der Waals surface area contributed by atoms with E-state index in [2.05, 4.69) is 5.32 Å². The Kier molecular flexibility index (Phi) is 5.67. The van der Waals surface area contributed by atoms with E-state index in [4.69, 9.17) is 0 Å². The van der Waals surface area contributed by atoms with Gasteiger partial charge in [-0.1, -0.05) is 29.8 Å². The Hall–Kier alpha value is -3.72. The molecule has 164 valence electrons.